The van der Waals surface area contributed by atoms with Crippen LogP contribution in [0.3, 0.4) is 0 Å². The third-order valence-corrected chi connectivity index (χ3v) is 4.74. The number of carbonyl (C=O) groups is 1. The van der Waals surface area contributed by atoms with Crippen LogP contribution in [0.1, 0.15) is 13.3 Å². The van der Waals surface area contributed by atoms with Crippen molar-refractivity contribution in [3.63, 3.8) is 0 Å². The summed E-state index contributed by atoms with van der Waals surface area (Å²) in [6, 6.07) is 12.6. The Hall–Kier alpha value is -3.26. The molecular formula is C20H19N3O4S. The number of hydrogen-bond acceptors (Lipinski definition) is 6. The van der Waals surface area contributed by atoms with E-state index >= 15 is 0 Å². The van der Waals surface area contributed by atoms with Crippen molar-refractivity contribution in [2.45, 2.75) is 13.3 Å². The van der Waals surface area contributed by atoms with Gasteiger partial charge in [0.05, 0.1) is 12.3 Å². The molecule has 2 aromatic carbocycles. The minimum atomic E-state index is -0.372. The van der Waals surface area contributed by atoms with E-state index in [9.17, 15) is 4.79 Å². The minimum absolute atomic E-state index is 0.193. The fraction of sp³-hybridized carbons (Fsp3) is 0.200. The summed E-state index contributed by atoms with van der Waals surface area (Å²) in [5, 5.41) is 7.92. The monoisotopic (exact) mass is 397 g/mol. The Labute approximate surface area is 166 Å². The van der Waals surface area contributed by atoms with Crippen LogP contribution >= 0.6 is 11.3 Å². The number of aromatic nitrogens is 1. The van der Waals surface area contributed by atoms with Gasteiger partial charge in [0.2, 0.25) is 6.79 Å². The maximum Gasteiger partial charge on any atom is 0.325 e. The Morgan fingerprint density at radius 2 is 1.96 bits per heavy atom. The molecule has 8 heteroatoms. The molecule has 0 spiro atoms. The zero-order valence-corrected chi connectivity index (χ0v) is 16.0. The Morgan fingerprint density at radius 3 is 2.79 bits per heavy atom. The van der Waals surface area contributed by atoms with Crippen LogP contribution in [-0.2, 0) is 0 Å². The largest absolute Gasteiger partial charge is 0.494 e. The first-order valence-corrected chi connectivity index (χ1v) is 9.75. The van der Waals surface area contributed by atoms with Gasteiger partial charge in [0.1, 0.15) is 5.75 Å². The van der Waals surface area contributed by atoms with E-state index in [1.165, 1.54) is 11.3 Å². The number of nitrogens with one attached hydrogen (secondary N) is 2. The lowest BCUT2D eigenvalue weighted by Gasteiger charge is -2.06. The van der Waals surface area contributed by atoms with Crippen LogP contribution in [-0.4, -0.2) is 24.4 Å². The van der Waals surface area contributed by atoms with Crippen molar-refractivity contribution in [3.8, 4) is 28.5 Å². The molecule has 3 aromatic rings. The molecule has 0 saturated heterocycles. The van der Waals surface area contributed by atoms with Crippen molar-refractivity contribution >= 4 is 28.2 Å². The van der Waals surface area contributed by atoms with Gasteiger partial charge >= 0.3 is 6.03 Å². The van der Waals surface area contributed by atoms with Gasteiger partial charge in [0, 0.05) is 22.7 Å². The maximum atomic E-state index is 12.2. The molecule has 1 aliphatic rings. The highest BCUT2D eigenvalue weighted by molar-refractivity contribution is 7.14. The summed E-state index contributed by atoms with van der Waals surface area (Å²) < 4.78 is 16.2. The molecule has 2 heterocycles. The number of nitrogens with zero attached hydrogens (tertiary/aromatic N) is 1. The molecule has 2 amide bonds. The summed E-state index contributed by atoms with van der Waals surface area (Å²) in [6.07, 6.45) is 0.969. The van der Waals surface area contributed by atoms with Crippen molar-refractivity contribution in [2.75, 3.05) is 24.0 Å². The lowest BCUT2D eigenvalue weighted by atomic mass is 10.2. The molecule has 0 saturated carbocycles. The van der Waals surface area contributed by atoms with E-state index in [-0.39, 0.29) is 12.8 Å². The lowest BCUT2D eigenvalue weighted by Crippen LogP contribution is -2.19. The van der Waals surface area contributed by atoms with E-state index in [0.717, 1.165) is 23.4 Å². The standard InChI is InChI=1S/C20H19N3O4S/c1-2-9-25-15-6-3-13(4-7-15)16-11-28-20(22-16)23-19(24)21-14-5-8-17-18(10-14)27-12-26-17/h3-8,10-11H,2,9,12H2,1H3,(H2,21,22,23,24). The summed E-state index contributed by atoms with van der Waals surface area (Å²) >= 11 is 1.36. The van der Waals surface area contributed by atoms with Gasteiger partial charge in [-0.2, -0.15) is 0 Å². The zero-order chi connectivity index (χ0) is 19.3. The molecule has 0 unspecified atom stereocenters. The molecule has 0 atom stereocenters. The van der Waals surface area contributed by atoms with Gasteiger partial charge in [0.25, 0.3) is 0 Å². The molecule has 1 aromatic heterocycles. The van der Waals surface area contributed by atoms with Crippen LogP contribution < -0.4 is 24.8 Å². The lowest BCUT2D eigenvalue weighted by molar-refractivity contribution is 0.174. The van der Waals surface area contributed by atoms with E-state index in [0.29, 0.717) is 28.9 Å². The number of rotatable bonds is 6. The van der Waals surface area contributed by atoms with Crippen molar-refractivity contribution in [1.29, 1.82) is 0 Å². The number of fused-ring (bicyclic) bond motifs is 1. The number of urea groups is 1. The molecule has 0 radical (unpaired) electrons. The number of amides is 2. The Morgan fingerprint density at radius 1 is 1.14 bits per heavy atom. The molecular weight excluding hydrogens is 378 g/mol. The topological polar surface area (TPSA) is 81.7 Å². The molecule has 2 N–H and O–H groups in total. The van der Waals surface area contributed by atoms with Crippen molar-refractivity contribution in [1.82, 2.24) is 4.98 Å². The quantitative estimate of drug-likeness (QED) is 0.614. The van der Waals surface area contributed by atoms with Crippen LogP contribution in [0.5, 0.6) is 17.2 Å². The number of ether oxygens (including phenoxy) is 3. The van der Waals surface area contributed by atoms with Gasteiger partial charge in [-0.05, 0) is 42.8 Å². The summed E-state index contributed by atoms with van der Waals surface area (Å²) in [6.45, 7) is 2.96. The fourth-order valence-corrected chi connectivity index (χ4v) is 3.35. The fourth-order valence-electron chi connectivity index (χ4n) is 2.64. The van der Waals surface area contributed by atoms with Crippen LogP contribution in [0.15, 0.2) is 47.8 Å². The van der Waals surface area contributed by atoms with Crippen molar-refractivity contribution < 1.29 is 19.0 Å². The summed E-state index contributed by atoms with van der Waals surface area (Å²) in [5.41, 5.74) is 2.37. The molecule has 1 aliphatic heterocycles. The second-order valence-corrected chi connectivity index (χ2v) is 6.92. The number of anilines is 2. The Bertz CT molecular complexity index is 972. The molecule has 144 valence electrons. The number of thiazole rings is 1. The summed E-state index contributed by atoms with van der Waals surface area (Å²) in [5.74, 6) is 2.12. The SMILES string of the molecule is CCCOc1ccc(-c2csc(NC(=O)Nc3ccc4c(c3)OCO4)n2)cc1. The molecule has 0 aliphatic carbocycles. The van der Waals surface area contributed by atoms with E-state index < -0.39 is 0 Å². The average Bonchev–Trinajstić information content (AvgIpc) is 3.35. The first kappa shape index (κ1) is 18.1. The number of hydrogen-bond donors (Lipinski definition) is 2. The van der Waals surface area contributed by atoms with Crippen LogP contribution in [0.4, 0.5) is 15.6 Å². The predicted octanol–water partition coefficient (Wildman–Crippen LogP) is 4.97. The molecule has 0 bridgehead atoms. The average molecular weight is 397 g/mol. The van der Waals surface area contributed by atoms with Crippen LogP contribution in [0, 0.1) is 0 Å². The van der Waals surface area contributed by atoms with Crippen LogP contribution in [0.25, 0.3) is 11.3 Å². The normalized spacial score (nSPS) is 11.9. The van der Waals surface area contributed by atoms with E-state index in [4.69, 9.17) is 14.2 Å². The third kappa shape index (κ3) is 4.17. The Balaban J connectivity index is 1.37. The predicted molar refractivity (Wildman–Crippen MR) is 109 cm³/mol. The first-order chi connectivity index (χ1) is 13.7. The Kier molecular flexibility index (Phi) is 5.29. The zero-order valence-electron chi connectivity index (χ0n) is 15.2. The highest BCUT2D eigenvalue weighted by Crippen LogP contribution is 2.34. The van der Waals surface area contributed by atoms with Gasteiger partial charge in [-0.1, -0.05) is 6.92 Å². The van der Waals surface area contributed by atoms with Gasteiger partial charge < -0.3 is 19.5 Å². The molecule has 4 rings (SSSR count). The van der Waals surface area contributed by atoms with Crippen molar-refractivity contribution in [3.05, 3.63) is 47.8 Å². The second-order valence-electron chi connectivity index (χ2n) is 6.06. The molecule has 7 nitrogen and oxygen atoms in total. The summed E-state index contributed by atoms with van der Waals surface area (Å²) in [4.78, 5) is 16.7. The van der Waals surface area contributed by atoms with Gasteiger partial charge in [-0.15, -0.1) is 11.3 Å². The van der Waals surface area contributed by atoms with Gasteiger partial charge in [0.15, 0.2) is 16.6 Å². The molecule has 28 heavy (non-hydrogen) atoms. The second kappa shape index (κ2) is 8.18. The van der Waals surface area contributed by atoms with Gasteiger partial charge in [-0.25, -0.2) is 9.78 Å². The highest BCUT2D eigenvalue weighted by Gasteiger charge is 2.14. The number of benzene rings is 2. The van der Waals surface area contributed by atoms with Gasteiger partial charge in [-0.3, -0.25) is 5.32 Å². The third-order valence-electron chi connectivity index (χ3n) is 3.98. The summed E-state index contributed by atoms with van der Waals surface area (Å²) in [7, 11) is 0. The van der Waals surface area contributed by atoms with E-state index in [1.54, 1.807) is 18.2 Å². The highest BCUT2D eigenvalue weighted by atomic mass is 32.1. The van der Waals surface area contributed by atoms with E-state index in [1.807, 2.05) is 29.6 Å². The number of carbonyl (C=O) groups excluding carboxylic acids is 1. The van der Waals surface area contributed by atoms with E-state index in [2.05, 4.69) is 22.5 Å². The maximum absolute atomic E-state index is 12.2. The van der Waals surface area contributed by atoms with Crippen LogP contribution in [0.2, 0.25) is 0 Å². The molecule has 0 fully saturated rings. The minimum Gasteiger partial charge on any atom is -0.494 e. The van der Waals surface area contributed by atoms with Crippen molar-refractivity contribution in [2.24, 2.45) is 0 Å². The smallest absolute Gasteiger partial charge is 0.325 e. The first-order valence-electron chi connectivity index (χ1n) is 8.87.